The Labute approximate surface area is 206 Å². The summed E-state index contributed by atoms with van der Waals surface area (Å²) in [5.41, 5.74) is 2.28. The second-order valence-corrected chi connectivity index (χ2v) is 9.86. The van der Waals surface area contributed by atoms with E-state index in [1.165, 1.54) is 0 Å². The third kappa shape index (κ3) is 4.24. The van der Waals surface area contributed by atoms with E-state index in [1.807, 2.05) is 24.3 Å². The normalized spacial score (nSPS) is 20.1. The Morgan fingerprint density at radius 3 is 2.82 bits per heavy atom. The van der Waals surface area contributed by atoms with Gasteiger partial charge in [-0.3, -0.25) is 9.59 Å². The molecule has 0 aliphatic carbocycles. The van der Waals surface area contributed by atoms with Crippen molar-refractivity contribution >= 4 is 39.5 Å². The second kappa shape index (κ2) is 8.94. The smallest absolute Gasteiger partial charge is 0.409 e. The molecule has 3 amide bonds. The Hall–Kier alpha value is -3.07. The number of rotatable bonds is 3. The molecule has 2 aromatic carbocycles. The van der Waals surface area contributed by atoms with Crippen LogP contribution in [-0.4, -0.2) is 48.1 Å². The summed E-state index contributed by atoms with van der Waals surface area (Å²) < 4.78 is 12.5. The molecule has 8 nitrogen and oxygen atoms in total. The van der Waals surface area contributed by atoms with E-state index < -0.39 is 5.60 Å². The van der Waals surface area contributed by atoms with Crippen molar-refractivity contribution in [2.24, 2.45) is 0 Å². The first-order chi connectivity index (χ1) is 16.4. The number of nitrogens with one attached hydrogen (secondary N) is 2. The molecule has 1 spiro atoms. The lowest BCUT2D eigenvalue weighted by Gasteiger charge is -2.46. The minimum Gasteiger partial charge on any atom is -0.487 e. The number of likely N-dealkylation sites (tertiary alicyclic amines) is 1. The van der Waals surface area contributed by atoms with Gasteiger partial charge in [-0.15, -0.1) is 0 Å². The number of piperidine rings is 1. The molecule has 3 aliphatic heterocycles. The first-order valence-electron chi connectivity index (χ1n) is 11.5. The van der Waals surface area contributed by atoms with Gasteiger partial charge in [-0.25, -0.2) is 4.79 Å². The SMILES string of the molecule is CCOC(=O)N1CCC2(CC1)C[C@H](NC(=O)c1cccc3c1NC(=O)C3)c1cc(Br)ccc1O2. The van der Waals surface area contributed by atoms with Crippen molar-refractivity contribution in [1.29, 1.82) is 0 Å². The van der Waals surface area contributed by atoms with E-state index in [1.54, 1.807) is 24.0 Å². The van der Waals surface area contributed by atoms with Crippen molar-refractivity contribution in [2.75, 3.05) is 25.0 Å². The van der Waals surface area contributed by atoms with Gasteiger partial charge in [0.25, 0.3) is 5.91 Å². The molecule has 178 valence electrons. The number of halogens is 1. The lowest BCUT2D eigenvalue weighted by molar-refractivity contribution is -0.115. The fourth-order valence-corrected chi connectivity index (χ4v) is 5.44. The molecule has 1 fully saturated rings. The summed E-state index contributed by atoms with van der Waals surface area (Å²) in [4.78, 5) is 39.1. The number of hydrogen-bond acceptors (Lipinski definition) is 5. The third-order valence-electron chi connectivity index (χ3n) is 6.77. The van der Waals surface area contributed by atoms with E-state index in [0.29, 0.717) is 50.2 Å². The van der Waals surface area contributed by atoms with Crippen molar-refractivity contribution in [2.45, 2.75) is 44.2 Å². The zero-order chi connectivity index (χ0) is 23.9. The number of nitrogens with zero attached hydrogens (tertiary/aromatic N) is 1. The van der Waals surface area contributed by atoms with Crippen LogP contribution in [0.2, 0.25) is 0 Å². The van der Waals surface area contributed by atoms with E-state index >= 15 is 0 Å². The number of anilines is 1. The van der Waals surface area contributed by atoms with Gasteiger partial charge in [-0.05, 0) is 36.8 Å². The monoisotopic (exact) mass is 527 g/mol. The molecule has 3 heterocycles. The molecule has 1 saturated heterocycles. The third-order valence-corrected chi connectivity index (χ3v) is 7.26. The maximum atomic E-state index is 13.4. The quantitative estimate of drug-likeness (QED) is 0.623. The predicted octanol–water partition coefficient (Wildman–Crippen LogP) is 4.19. The van der Waals surface area contributed by atoms with Gasteiger partial charge in [-0.2, -0.15) is 0 Å². The zero-order valence-corrected chi connectivity index (χ0v) is 20.4. The summed E-state index contributed by atoms with van der Waals surface area (Å²) >= 11 is 3.53. The van der Waals surface area contributed by atoms with Crippen LogP contribution in [0.5, 0.6) is 5.75 Å². The van der Waals surface area contributed by atoms with Gasteiger partial charge >= 0.3 is 6.09 Å². The number of para-hydroxylation sites is 1. The number of benzene rings is 2. The van der Waals surface area contributed by atoms with Crippen LogP contribution in [0.25, 0.3) is 0 Å². The number of carbonyl (C=O) groups is 3. The maximum Gasteiger partial charge on any atom is 0.409 e. The van der Waals surface area contributed by atoms with Crippen molar-refractivity contribution < 1.29 is 23.9 Å². The summed E-state index contributed by atoms with van der Waals surface area (Å²) in [5.74, 6) is 0.384. The number of fused-ring (bicyclic) bond motifs is 2. The second-order valence-electron chi connectivity index (χ2n) is 8.95. The van der Waals surface area contributed by atoms with E-state index in [2.05, 4.69) is 26.6 Å². The Kier molecular flexibility index (Phi) is 5.97. The van der Waals surface area contributed by atoms with Crippen LogP contribution in [0.15, 0.2) is 40.9 Å². The molecule has 34 heavy (non-hydrogen) atoms. The minimum absolute atomic E-state index is 0.108. The molecule has 0 unspecified atom stereocenters. The summed E-state index contributed by atoms with van der Waals surface area (Å²) in [7, 11) is 0. The molecule has 0 aromatic heterocycles. The van der Waals surface area contributed by atoms with Crippen molar-refractivity contribution in [3.8, 4) is 5.75 Å². The molecule has 5 rings (SSSR count). The molecule has 2 aromatic rings. The summed E-state index contributed by atoms with van der Waals surface area (Å²) in [6.07, 6.45) is 1.85. The highest BCUT2D eigenvalue weighted by molar-refractivity contribution is 9.10. The van der Waals surface area contributed by atoms with Crippen molar-refractivity contribution in [3.63, 3.8) is 0 Å². The zero-order valence-electron chi connectivity index (χ0n) is 18.9. The van der Waals surface area contributed by atoms with Crippen LogP contribution in [0.1, 0.15) is 53.7 Å². The Balaban J connectivity index is 1.39. The first-order valence-corrected chi connectivity index (χ1v) is 12.3. The molecule has 0 radical (unpaired) electrons. The Morgan fingerprint density at radius 1 is 1.26 bits per heavy atom. The van der Waals surface area contributed by atoms with Gasteiger partial charge < -0.3 is 25.0 Å². The topological polar surface area (TPSA) is 97.0 Å². The molecule has 1 atom stereocenters. The Bertz CT molecular complexity index is 1160. The van der Waals surface area contributed by atoms with Crippen LogP contribution >= 0.6 is 15.9 Å². The van der Waals surface area contributed by atoms with Crippen LogP contribution in [0.4, 0.5) is 10.5 Å². The molecular weight excluding hydrogens is 502 g/mol. The summed E-state index contributed by atoms with van der Waals surface area (Å²) in [6.45, 7) is 3.20. The van der Waals surface area contributed by atoms with Crippen molar-refractivity contribution in [1.82, 2.24) is 10.2 Å². The van der Waals surface area contributed by atoms with Crippen LogP contribution in [-0.2, 0) is 16.0 Å². The van der Waals surface area contributed by atoms with Gasteiger partial charge in [0, 0.05) is 42.4 Å². The number of carbonyl (C=O) groups excluding carboxylic acids is 3. The van der Waals surface area contributed by atoms with Gasteiger partial charge in [0.05, 0.1) is 30.3 Å². The molecule has 0 saturated carbocycles. The largest absolute Gasteiger partial charge is 0.487 e. The minimum atomic E-state index is -0.491. The van der Waals surface area contributed by atoms with E-state index in [-0.39, 0.29) is 30.4 Å². The van der Waals surface area contributed by atoms with Gasteiger partial charge in [0.2, 0.25) is 5.91 Å². The van der Waals surface area contributed by atoms with Gasteiger partial charge in [-0.1, -0.05) is 28.1 Å². The standard InChI is InChI=1S/C25H26BrN3O5/c1-2-33-24(32)29-10-8-25(9-11-29)14-19(18-13-16(26)6-7-20(18)34-25)27-23(31)17-5-3-4-15-12-21(30)28-22(15)17/h3-7,13,19H,2,8-12,14H2,1H3,(H,27,31)(H,28,30)/t19-/m0/s1. The van der Waals surface area contributed by atoms with E-state index in [0.717, 1.165) is 21.3 Å². The highest BCUT2D eigenvalue weighted by Crippen LogP contribution is 2.45. The fraction of sp³-hybridized carbons (Fsp3) is 0.400. The molecule has 2 N–H and O–H groups in total. The van der Waals surface area contributed by atoms with Crippen LogP contribution in [0.3, 0.4) is 0 Å². The highest BCUT2D eigenvalue weighted by atomic mass is 79.9. The lowest BCUT2D eigenvalue weighted by Crippen LogP contribution is -2.53. The predicted molar refractivity (Wildman–Crippen MR) is 129 cm³/mol. The van der Waals surface area contributed by atoms with E-state index in [9.17, 15) is 14.4 Å². The van der Waals surface area contributed by atoms with Crippen molar-refractivity contribution in [3.05, 3.63) is 57.6 Å². The highest BCUT2D eigenvalue weighted by Gasteiger charge is 2.45. The Morgan fingerprint density at radius 2 is 2.06 bits per heavy atom. The average Bonchev–Trinajstić information content (AvgIpc) is 3.20. The van der Waals surface area contributed by atoms with Crippen LogP contribution < -0.4 is 15.4 Å². The number of amides is 3. The fourth-order valence-electron chi connectivity index (χ4n) is 5.06. The van der Waals surface area contributed by atoms with Gasteiger partial charge in [0.1, 0.15) is 11.4 Å². The van der Waals surface area contributed by atoms with Crippen LogP contribution in [0, 0.1) is 0 Å². The average molecular weight is 528 g/mol. The molecular formula is C25H26BrN3O5. The number of hydrogen-bond donors (Lipinski definition) is 2. The summed E-state index contributed by atoms with van der Waals surface area (Å²) in [5, 5.41) is 6.01. The number of ether oxygens (including phenoxy) is 2. The molecule has 3 aliphatic rings. The maximum absolute atomic E-state index is 13.4. The molecule has 9 heteroatoms. The van der Waals surface area contributed by atoms with E-state index in [4.69, 9.17) is 9.47 Å². The molecule has 0 bridgehead atoms. The lowest BCUT2D eigenvalue weighted by atomic mass is 9.80. The first kappa shape index (κ1) is 22.7. The summed E-state index contributed by atoms with van der Waals surface area (Å²) in [6, 6.07) is 10.9. The van der Waals surface area contributed by atoms with Gasteiger partial charge in [0.15, 0.2) is 0 Å².